The summed E-state index contributed by atoms with van der Waals surface area (Å²) in [5, 5.41) is 7.35. The summed E-state index contributed by atoms with van der Waals surface area (Å²) >= 11 is 0. The summed E-state index contributed by atoms with van der Waals surface area (Å²) in [7, 11) is 0. The molecule has 0 bridgehead atoms. The molecule has 12 heavy (non-hydrogen) atoms. The number of aryl methyl sites for hydroxylation is 1. The van der Waals surface area contributed by atoms with E-state index < -0.39 is 0 Å². The van der Waals surface area contributed by atoms with Crippen LogP contribution in [-0.2, 0) is 6.42 Å². The van der Waals surface area contributed by atoms with Gasteiger partial charge in [0, 0.05) is 5.69 Å². The van der Waals surface area contributed by atoms with Crippen LogP contribution in [0, 0.1) is 0 Å². The van der Waals surface area contributed by atoms with Crippen molar-refractivity contribution >= 4 is 0 Å². The van der Waals surface area contributed by atoms with Crippen LogP contribution in [0.4, 0.5) is 0 Å². The number of aromatic nitrogens is 2. The molecular formula is C10H18N2. The molecule has 0 aliphatic rings. The van der Waals surface area contributed by atoms with Gasteiger partial charge in [-0.2, -0.15) is 5.10 Å². The summed E-state index contributed by atoms with van der Waals surface area (Å²) in [6.45, 7) is 6.59. The summed E-state index contributed by atoms with van der Waals surface area (Å²) < 4.78 is 0. The molecule has 0 aliphatic heterocycles. The van der Waals surface area contributed by atoms with Crippen molar-refractivity contribution in [1.82, 2.24) is 10.2 Å². The van der Waals surface area contributed by atoms with Gasteiger partial charge in [-0.05, 0) is 24.8 Å². The fourth-order valence-corrected chi connectivity index (χ4v) is 1.24. The van der Waals surface area contributed by atoms with Crippen molar-refractivity contribution < 1.29 is 0 Å². The minimum Gasteiger partial charge on any atom is -0.282 e. The lowest BCUT2D eigenvalue weighted by molar-refractivity contribution is 0.703. The Morgan fingerprint density at radius 1 is 1.50 bits per heavy atom. The zero-order valence-corrected chi connectivity index (χ0v) is 8.22. The predicted molar refractivity (Wildman–Crippen MR) is 51.3 cm³/mol. The SMILES string of the molecule is CCCc1cc(C(C)CC)n[nH]1. The summed E-state index contributed by atoms with van der Waals surface area (Å²) in [5.41, 5.74) is 2.48. The number of hydrogen-bond donors (Lipinski definition) is 1. The standard InChI is InChI=1S/C10H18N2/c1-4-6-9-7-10(12-11-9)8(3)5-2/h7-8H,4-6H2,1-3H3,(H,11,12). The summed E-state index contributed by atoms with van der Waals surface area (Å²) in [6.07, 6.45) is 3.46. The smallest absolute Gasteiger partial charge is 0.0653 e. The van der Waals surface area contributed by atoms with Gasteiger partial charge in [0.15, 0.2) is 0 Å². The van der Waals surface area contributed by atoms with Gasteiger partial charge in [-0.15, -0.1) is 0 Å². The Morgan fingerprint density at radius 3 is 2.83 bits per heavy atom. The topological polar surface area (TPSA) is 28.7 Å². The van der Waals surface area contributed by atoms with Crippen LogP contribution in [0.3, 0.4) is 0 Å². The zero-order chi connectivity index (χ0) is 8.97. The summed E-state index contributed by atoms with van der Waals surface area (Å²) in [5.74, 6) is 0.590. The first-order valence-corrected chi connectivity index (χ1v) is 4.82. The molecule has 68 valence electrons. The van der Waals surface area contributed by atoms with E-state index in [2.05, 4.69) is 37.0 Å². The molecule has 1 aromatic heterocycles. The lowest BCUT2D eigenvalue weighted by Gasteiger charge is -2.01. The lowest BCUT2D eigenvalue weighted by Crippen LogP contribution is -1.90. The normalized spacial score (nSPS) is 13.2. The first kappa shape index (κ1) is 9.30. The zero-order valence-electron chi connectivity index (χ0n) is 8.22. The van der Waals surface area contributed by atoms with Gasteiger partial charge in [0.05, 0.1) is 5.69 Å². The minimum absolute atomic E-state index is 0.590. The van der Waals surface area contributed by atoms with Gasteiger partial charge in [-0.1, -0.05) is 27.2 Å². The van der Waals surface area contributed by atoms with Crippen molar-refractivity contribution in [2.24, 2.45) is 0 Å². The van der Waals surface area contributed by atoms with Crippen molar-refractivity contribution in [2.75, 3.05) is 0 Å². The second-order valence-corrected chi connectivity index (χ2v) is 3.38. The van der Waals surface area contributed by atoms with E-state index in [1.165, 1.54) is 17.8 Å². The first-order chi connectivity index (χ1) is 5.77. The van der Waals surface area contributed by atoms with Gasteiger partial charge in [-0.3, -0.25) is 5.10 Å². The highest BCUT2D eigenvalue weighted by molar-refractivity contribution is 5.12. The van der Waals surface area contributed by atoms with Crippen LogP contribution in [0.5, 0.6) is 0 Å². The summed E-state index contributed by atoms with van der Waals surface area (Å²) in [6, 6.07) is 2.19. The van der Waals surface area contributed by atoms with Crippen LogP contribution >= 0.6 is 0 Å². The second-order valence-electron chi connectivity index (χ2n) is 3.38. The first-order valence-electron chi connectivity index (χ1n) is 4.82. The van der Waals surface area contributed by atoms with Gasteiger partial charge in [-0.25, -0.2) is 0 Å². The van der Waals surface area contributed by atoms with Crippen LogP contribution in [0.25, 0.3) is 0 Å². The molecule has 0 radical (unpaired) electrons. The number of hydrogen-bond acceptors (Lipinski definition) is 1. The van der Waals surface area contributed by atoms with E-state index >= 15 is 0 Å². The molecule has 0 spiro atoms. The molecule has 1 unspecified atom stereocenters. The molecule has 0 aromatic carbocycles. The highest BCUT2D eigenvalue weighted by atomic mass is 15.1. The molecule has 2 heteroatoms. The van der Waals surface area contributed by atoms with Gasteiger partial charge < -0.3 is 0 Å². The molecular weight excluding hydrogens is 148 g/mol. The third kappa shape index (κ3) is 2.10. The van der Waals surface area contributed by atoms with Gasteiger partial charge in [0.1, 0.15) is 0 Å². The Hall–Kier alpha value is -0.790. The molecule has 0 saturated carbocycles. The molecule has 1 aromatic rings. The fraction of sp³-hybridized carbons (Fsp3) is 0.700. The average Bonchev–Trinajstić information content (AvgIpc) is 2.52. The second kappa shape index (κ2) is 4.29. The van der Waals surface area contributed by atoms with Gasteiger partial charge in [0.25, 0.3) is 0 Å². The molecule has 0 aliphatic carbocycles. The predicted octanol–water partition coefficient (Wildman–Crippen LogP) is 2.88. The summed E-state index contributed by atoms with van der Waals surface area (Å²) in [4.78, 5) is 0. The highest BCUT2D eigenvalue weighted by Gasteiger charge is 2.06. The maximum atomic E-state index is 4.28. The van der Waals surface area contributed by atoms with E-state index in [1.54, 1.807) is 0 Å². The maximum Gasteiger partial charge on any atom is 0.0653 e. The van der Waals surface area contributed by atoms with Crippen molar-refractivity contribution in [3.05, 3.63) is 17.5 Å². The number of aromatic amines is 1. The Balaban J connectivity index is 2.63. The molecule has 1 N–H and O–H groups in total. The quantitative estimate of drug-likeness (QED) is 0.732. The number of H-pyrrole nitrogens is 1. The molecule has 1 atom stereocenters. The van der Waals surface area contributed by atoms with Gasteiger partial charge >= 0.3 is 0 Å². The number of nitrogens with zero attached hydrogens (tertiary/aromatic N) is 1. The Bertz CT molecular complexity index is 227. The largest absolute Gasteiger partial charge is 0.282 e. The minimum atomic E-state index is 0.590. The molecule has 0 saturated heterocycles. The van der Waals surface area contributed by atoms with Crippen LogP contribution in [0.1, 0.15) is 50.9 Å². The Kier molecular flexibility index (Phi) is 3.32. The Morgan fingerprint density at radius 2 is 2.25 bits per heavy atom. The molecule has 0 amide bonds. The van der Waals surface area contributed by atoms with E-state index in [9.17, 15) is 0 Å². The van der Waals surface area contributed by atoms with E-state index in [0.717, 1.165) is 12.8 Å². The van der Waals surface area contributed by atoms with E-state index in [1.807, 2.05) is 0 Å². The van der Waals surface area contributed by atoms with Crippen molar-refractivity contribution in [3.63, 3.8) is 0 Å². The van der Waals surface area contributed by atoms with E-state index in [4.69, 9.17) is 0 Å². The highest BCUT2D eigenvalue weighted by Crippen LogP contribution is 2.16. The molecule has 0 fully saturated rings. The fourth-order valence-electron chi connectivity index (χ4n) is 1.24. The third-order valence-corrected chi connectivity index (χ3v) is 2.29. The van der Waals surface area contributed by atoms with Crippen LogP contribution < -0.4 is 0 Å². The monoisotopic (exact) mass is 166 g/mol. The van der Waals surface area contributed by atoms with E-state index in [-0.39, 0.29) is 0 Å². The van der Waals surface area contributed by atoms with Gasteiger partial charge in [0.2, 0.25) is 0 Å². The van der Waals surface area contributed by atoms with Crippen LogP contribution in [-0.4, -0.2) is 10.2 Å². The van der Waals surface area contributed by atoms with Crippen molar-refractivity contribution in [2.45, 2.75) is 46.0 Å². The van der Waals surface area contributed by atoms with Crippen LogP contribution in [0.15, 0.2) is 6.07 Å². The maximum absolute atomic E-state index is 4.28. The lowest BCUT2D eigenvalue weighted by atomic mass is 10.0. The van der Waals surface area contributed by atoms with Crippen molar-refractivity contribution in [1.29, 1.82) is 0 Å². The number of nitrogens with one attached hydrogen (secondary N) is 1. The Labute approximate surface area is 74.4 Å². The average molecular weight is 166 g/mol. The van der Waals surface area contributed by atoms with Crippen molar-refractivity contribution in [3.8, 4) is 0 Å². The number of rotatable bonds is 4. The van der Waals surface area contributed by atoms with Crippen LogP contribution in [0.2, 0.25) is 0 Å². The molecule has 1 heterocycles. The third-order valence-electron chi connectivity index (χ3n) is 2.29. The molecule has 2 nitrogen and oxygen atoms in total. The molecule has 1 rings (SSSR count). The van der Waals surface area contributed by atoms with E-state index in [0.29, 0.717) is 5.92 Å².